The summed E-state index contributed by atoms with van der Waals surface area (Å²) in [5.41, 5.74) is -0.373. The van der Waals surface area contributed by atoms with Crippen molar-refractivity contribution in [2.45, 2.75) is 38.3 Å². The number of anilines is 1. The van der Waals surface area contributed by atoms with Crippen molar-refractivity contribution in [1.82, 2.24) is 5.32 Å². The summed E-state index contributed by atoms with van der Waals surface area (Å²) in [6.07, 6.45) is 2.64. The molecule has 1 saturated heterocycles. The first-order valence-electron chi connectivity index (χ1n) is 6.09. The second kappa shape index (κ2) is 5.44. The lowest BCUT2D eigenvalue weighted by atomic mass is 9.99. The van der Waals surface area contributed by atoms with Crippen molar-refractivity contribution in [3.63, 3.8) is 0 Å². The smallest absolute Gasteiger partial charge is 0.241 e. The molecule has 0 aromatic heterocycles. The number of para-hydroxylation sites is 1. The van der Waals surface area contributed by atoms with E-state index in [2.05, 4.69) is 10.6 Å². The fourth-order valence-corrected chi connectivity index (χ4v) is 2.17. The van der Waals surface area contributed by atoms with Crippen LogP contribution in [0.1, 0.15) is 26.2 Å². The highest BCUT2D eigenvalue weighted by Crippen LogP contribution is 2.20. The average molecular weight is 254 g/mol. The molecule has 2 N–H and O–H groups in total. The summed E-state index contributed by atoms with van der Waals surface area (Å²) >= 11 is 0. The predicted octanol–water partition coefficient (Wildman–Crippen LogP) is 2.43. The number of rotatable bonds is 2. The van der Waals surface area contributed by atoms with Crippen LogP contribution in [0.4, 0.5) is 14.5 Å². The normalized spacial score (nSPS) is 23.7. The Balaban J connectivity index is 2.07. The largest absolute Gasteiger partial charge is 0.320 e. The van der Waals surface area contributed by atoms with Crippen molar-refractivity contribution in [2.75, 3.05) is 5.32 Å². The van der Waals surface area contributed by atoms with Gasteiger partial charge < -0.3 is 10.6 Å². The summed E-state index contributed by atoms with van der Waals surface area (Å²) in [6.45, 7) is 1.99. The van der Waals surface area contributed by atoms with Crippen LogP contribution in [-0.4, -0.2) is 18.0 Å². The van der Waals surface area contributed by atoms with E-state index in [-0.39, 0.29) is 23.7 Å². The molecule has 1 aromatic rings. The molecule has 2 unspecified atom stereocenters. The Morgan fingerprint density at radius 1 is 1.33 bits per heavy atom. The minimum atomic E-state index is -0.757. The van der Waals surface area contributed by atoms with Gasteiger partial charge in [-0.3, -0.25) is 4.79 Å². The molecular formula is C13H16F2N2O. The first-order chi connectivity index (χ1) is 8.58. The molecule has 1 amide bonds. The lowest BCUT2D eigenvalue weighted by Gasteiger charge is -2.27. The number of carbonyl (C=O) groups is 1. The number of hydrogen-bond acceptors (Lipinski definition) is 2. The molecule has 1 aromatic carbocycles. The van der Waals surface area contributed by atoms with Gasteiger partial charge >= 0.3 is 0 Å². The molecule has 0 radical (unpaired) electrons. The minimum Gasteiger partial charge on any atom is -0.320 e. The van der Waals surface area contributed by atoms with Gasteiger partial charge in [-0.2, -0.15) is 0 Å². The van der Waals surface area contributed by atoms with E-state index >= 15 is 0 Å². The highest BCUT2D eigenvalue weighted by molar-refractivity contribution is 5.95. The highest BCUT2D eigenvalue weighted by atomic mass is 19.1. The summed E-state index contributed by atoms with van der Waals surface area (Å²) in [6, 6.07) is 3.37. The third-order valence-corrected chi connectivity index (χ3v) is 3.14. The van der Waals surface area contributed by atoms with E-state index < -0.39 is 11.6 Å². The monoisotopic (exact) mass is 254 g/mol. The highest BCUT2D eigenvalue weighted by Gasteiger charge is 2.25. The number of amides is 1. The summed E-state index contributed by atoms with van der Waals surface area (Å²) in [5.74, 6) is -1.90. The summed E-state index contributed by atoms with van der Waals surface area (Å²) in [7, 11) is 0. The SMILES string of the molecule is CC1CCCC(C(=O)Nc2c(F)cccc2F)N1. The molecular weight excluding hydrogens is 238 g/mol. The second-order valence-corrected chi connectivity index (χ2v) is 4.64. The Labute approximate surface area is 105 Å². The minimum absolute atomic E-state index is 0.250. The Morgan fingerprint density at radius 2 is 2.00 bits per heavy atom. The number of benzene rings is 1. The molecule has 0 aliphatic carbocycles. The predicted molar refractivity (Wildman–Crippen MR) is 65.2 cm³/mol. The van der Waals surface area contributed by atoms with Gasteiger partial charge in [-0.15, -0.1) is 0 Å². The van der Waals surface area contributed by atoms with Crippen LogP contribution >= 0.6 is 0 Å². The molecule has 2 atom stereocenters. The standard InChI is InChI=1S/C13H16F2N2O/c1-8-4-2-7-11(16-8)13(18)17-12-9(14)5-3-6-10(12)15/h3,5-6,8,11,16H,2,4,7H2,1H3,(H,17,18). The van der Waals surface area contributed by atoms with Crippen LogP contribution in [0.5, 0.6) is 0 Å². The lowest BCUT2D eigenvalue weighted by Crippen LogP contribution is -2.47. The Bertz CT molecular complexity index is 430. The number of carbonyl (C=O) groups excluding carboxylic acids is 1. The van der Waals surface area contributed by atoms with Gasteiger partial charge in [-0.1, -0.05) is 6.07 Å². The molecule has 98 valence electrons. The van der Waals surface area contributed by atoms with E-state index in [1.165, 1.54) is 6.07 Å². The first-order valence-corrected chi connectivity index (χ1v) is 6.09. The van der Waals surface area contributed by atoms with Crippen molar-refractivity contribution in [3.05, 3.63) is 29.8 Å². The van der Waals surface area contributed by atoms with Crippen LogP contribution in [0.2, 0.25) is 0 Å². The van der Waals surface area contributed by atoms with Gasteiger partial charge in [0, 0.05) is 6.04 Å². The number of hydrogen-bond donors (Lipinski definition) is 2. The molecule has 1 aliphatic rings. The number of piperidine rings is 1. The van der Waals surface area contributed by atoms with E-state index in [1.807, 2.05) is 6.92 Å². The molecule has 1 fully saturated rings. The van der Waals surface area contributed by atoms with E-state index in [1.54, 1.807) is 0 Å². The quantitative estimate of drug-likeness (QED) is 0.851. The van der Waals surface area contributed by atoms with Crippen LogP contribution in [0, 0.1) is 11.6 Å². The average Bonchev–Trinajstić information content (AvgIpc) is 2.34. The van der Waals surface area contributed by atoms with Gasteiger partial charge in [0.15, 0.2) is 0 Å². The van der Waals surface area contributed by atoms with E-state index in [4.69, 9.17) is 0 Å². The number of nitrogens with one attached hydrogen (secondary N) is 2. The maximum Gasteiger partial charge on any atom is 0.241 e. The van der Waals surface area contributed by atoms with E-state index in [0.29, 0.717) is 6.42 Å². The van der Waals surface area contributed by atoms with Crippen molar-refractivity contribution >= 4 is 11.6 Å². The molecule has 0 saturated carbocycles. The molecule has 3 nitrogen and oxygen atoms in total. The zero-order valence-corrected chi connectivity index (χ0v) is 10.2. The Kier molecular flexibility index (Phi) is 3.91. The molecule has 1 aliphatic heterocycles. The second-order valence-electron chi connectivity index (χ2n) is 4.64. The van der Waals surface area contributed by atoms with Gasteiger partial charge in [0.1, 0.15) is 17.3 Å². The third kappa shape index (κ3) is 2.85. The molecule has 0 spiro atoms. The molecule has 5 heteroatoms. The zero-order chi connectivity index (χ0) is 13.1. The molecule has 2 rings (SSSR count). The maximum absolute atomic E-state index is 13.4. The fraction of sp³-hybridized carbons (Fsp3) is 0.462. The van der Waals surface area contributed by atoms with E-state index in [9.17, 15) is 13.6 Å². The Morgan fingerprint density at radius 3 is 2.61 bits per heavy atom. The summed E-state index contributed by atoms with van der Waals surface area (Å²) < 4.78 is 26.8. The van der Waals surface area contributed by atoms with Crippen LogP contribution < -0.4 is 10.6 Å². The van der Waals surface area contributed by atoms with Crippen LogP contribution in [0.3, 0.4) is 0 Å². The van der Waals surface area contributed by atoms with Gasteiger partial charge in [-0.05, 0) is 38.3 Å². The number of halogens is 2. The Hall–Kier alpha value is -1.49. The summed E-state index contributed by atoms with van der Waals surface area (Å²) in [4.78, 5) is 11.9. The van der Waals surface area contributed by atoms with Crippen molar-refractivity contribution in [3.8, 4) is 0 Å². The zero-order valence-electron chi connectivity index (χ0n) is 10.2. The van der Waals surface area contributed by atoms with E-state index in [0.717, 1.165) is 25.0 Å². The van der Waals surface area contributed by atoms with Gasteiger partial charge in [-0.25, -0.2) is 8.78 Å². The lowest BCUT2D eigenvalue weighted by molar-refractivity contribution is -0.119. The maximum atomic E-state index is 13.4. The van der Waals surface area contributed by atoms with Crippen molar-refractivity contribution in [1.29, 1.82) is 0 Å². The molecule has 18 heavy (non-hydrogen) atoms. The van der Waals surface area contributed by atoms with Crippen LogP contribution in [0.15, 0.2) is 18.2 Å². The van der Waals surface area contributed by atoms with Gasteiger partial charge in [0.05, 0.1) is 6.04 Å². The van der Waals surface area contributed by atoms with Gasteiger partial charge in [0.2, 0.25) is 5.91 Å². The summed E-state index contributed by atoms with van der Waals surface area (Å²) in [5, 5.41) is 5.44. The molecule has 1 heterocycles. The fourth-order valence-electron chi connectivity index (χ4n) is 2.17. The van der Waals surface area contributed by atoms with Gasteiger partial charge in [0.25, 0.3) is 0 Å². The molecule has 0 bridgehead atoms. The van der Waals surface area contributed by atoms with Crippen LogP contribution in [0.25, 0.3) is 0 Å². The topological polar surface area (TPSA) is 41.1 Å². The first kappa shape index (κ1) is 13.0. The van der Waals surface area contributed by atoms with Crippen LogP contribution in [-0.2, 0) is 4.79 Å². The van der Waals surface area contributed by atoms with Crippen molar-refractivity contribution < 1.29 is 13.6 Å². The van der Waals surface area contributed by atoms with Crippen molar-refractivity contribution in [2.24, 2.45) is 0 Å². The third-order valence-electron chi connectivity index (χ3n) is 3.14.